The van der Waals surface area contributed by atoms with Gasteiger partial charge in [-0.1, -0.05) is 0 Å². The van der Waals surface area contributed by atoms with Gasteiger partial charge in [-0.25, -0.2) is 22.8 Å². The van der Waals surface area contributed by atoms with Crippen LogP contribution in [0.2, 0.25) is 0 Å². The molecule has 0 unspecified atom stereocenters. The number of aromatic nitrogens is 2. The number of benzene rings is 1. The fraction of sp³-hybridized carbons (Fsp3) is 0.167. The monoisotopic (exact) mass is 336 g/mol. The van der Waals surface area contributed by atoms with Gasteiger partial charge in [0, 0.05) is 12.3 Å². The topological polar surface area (TPSA) is 69.2 Å². The second-order valence-corrected chi connectivity index (χ2v) is 6.17. The van der Waals surface area contributed by atoms with Crippen LogP contribution < -0.4 is 4.74 Å². The van der Waals surface area contributed by atoms with Gasteiger partial charge in [-0.05, 0) is 18.2 Å². The molecule has 0 amide bonds. The molecule has 0 aliphatic heterocycles. The van der Waals surface area contributed by atoms with Crippen molar-refractivity contribution in [3.05, 3.63) is 42.0 Å². The average Bonchev–Trinajstić information content (AvgIpc) is 2.39. The smallest absolute Gasteiger partial charge is 0.419 e. The molecule has 1 heterocycles. The van der Waals surface area contributed by atoms with E-state index in [0.717, 1.165) is 24.7 Å². The first-order valence-electron chi connectivity index (χ1n) is 5.64. The number of alkyl halides is 3. The zero-order valence-corrected chi connectivity index (χ0v) is 11.7. The fourth-order valence-electron chi connectivity index (χ4n) is 1.49. The Hall–Kier alpha value is -2.23. The Kier molecular flexibility index (Phi) is 4.05. The first-order chi connectivity index (χ1) is 10.1. The molecule has 0 aliphatic rings. The van der Waals surface area contributed by atoms with Gasteiger partial charge in [0.15, 0.2) is 14.9 Å². The summed E-state index contributed by atoms with van der Waals surface area (Å²) in [7, 11) is -3.63. The van der Waals surface area contributed by atoms with Crippen molar-refractivity contribution in [2.75, 3.05) is 6.26 Å². The summed E-state index contributed by atoms with van der Waals surface area (Å²) in [6, 6.07) is 2.97. The van der Waals surface area contributed by atoms with Crippen LogP contribution >= 0.6 is 0 Å². The van der Waals surface area contributed by atoms with Gasteiger partial charge in [-0.3, -0.25) is 0 Å². The summed E-state index contributed by atoms with van der Waals surface area (Å²) in [6.45, 7) is 0. The maximum Gasteiger partial charge on any atom is 0.419 e. The van der Waals surface area contributed by atoms with E-state index in [4.69, 9.17) is 4.74 Å². The lowest BCUT2D eigenvalue weighted by atomic mass is 10.2. The van der Waals surface area contributed by atoms with Crippen molar-refractivity contribution in [2.24, 2.45) is 0 Å². The third kappa shape index (κ3) is 3.70. The largest absolute Gasteiger partial charge is 0.439 e. The molecule has 0 spiro atoms. The lowest BCUT2D eigenvalue weighted by Crippen LogP contribution is -2.08. The summed E-state index contributed by atoms with van der Waals surface area (Å²) in [6.07, 6.45) is -3.09. The van der Waals surface area contributed by atoms with Crippen molar-refractivity contribution >= 4 is 9.84 Å². The third-order valence-corrected chi connectivity index (χ3v) is 3.45. The minimum Gasteiger partial charge on any atom is -0.439 e. The quantitative estimate of drug-likeness (QED) is 0.637. The van der Waals surface area contributed by atoms with Crippen LogP contribution in [0.3, 0.4) is 0 Å². The van der Waals surface area contributed by atoms with Crippen LogP contribution in [-0.4, -0.2) is 24.6 Å². The van der Waals surface area contributed by atoms with Crippen molar-refractivity contribution in [1.29, 1.82) is 0 Å². The molecule has 10 heteroatoms. The van der Waals surface area contributed by atoms with Crippen LogP contribution in [0.15, 0.2) is 35.6 Å². The molecule has 1 aromatic carbocycles. The maximum atomic E-state index is 13.1. The Morgan fingerprint density at radius 3 is 2.41 bits per heavy atom. The zero-order chi connectivity index (χ0) is 16.5. The first kappa shape index (κ1) is 16.1. The van der Waals surface area contributed by atoms with Gasteiger partial charge in [0.05, 0.1) is 5.56 Å². The van der Waals surface area contributed by atoms with Crippen LogP contribution in [0, 0.1) is 5.82 Å². The molecule has 2 rings (SSSR count). The van der Waals surface area contributed by atoms with E-state index in [0.29, 0.717) is 12.1 Å². The van der Waals surface area contributed by atoms with Crippen LogP contribution in [0.25, 0.3) is 0 Å². The van der Waals surface area contributed by atoms with Gasteiger partial charge in [-0.15, -0.1) is 0 Å². The van der Waals surface area contributed by atoms with E-state index in [1.54, 1.807) is 0 Å². The summed E-state index contributed by atoms with van der Waals surface area (Å²) >= 11 is 0. The minimum absolute atomic E-state index is 0.282. The van der Waals surface area contributed by atoms with Crippen molar-refractivity contribution in [2.45, 2.75) is 11.2 Å². The molecule has 0 bridgehead atoms. The molecule has 22 heavy (non-hydrogen) atoms. The molecule has 2 aromatic rings. The fourth-order valence-corrected chi connectivity index (χ4v) is 2.04. The average molecular weight is 336 g/mol. The highest BCUT2D eigenvalue weighted by molar-refractivity contribution is 7.90. The predicted octanol–water partition coefficient (Wildman–Crippen LogP) is 2.83. The molecule has 0 N–H and O–H groups in total. The van der Waals surface area contributed by atoms with E-state index in [-0.39, 0.29) is 16.7 Å². The van der Waals surface area contributed by atoms with Crippen molar-refractivity contribution in [1.82, 2.24) is 9.97 Å². The van der Waals surface area contributed by atoms with Gasteiger partial charge in [-0.2, -0.15) is 13.2 Å². The van der Waals surface area contributed by atoms with Crippen molar-refractivity contribution in [3.8, 4) is 11.6 Å². The summed E-state index contributed by atoms with van der Waals surface area (Å²) < 4.78 is 78.6. The van der Waals surface area contributed by atoms with E-state index in [9.17, 15) is 26.0 Å². The molecule has 118 valence electrons. The number of sulfone groups is 1. The first-order valence-corrected chi connectivity index (χ1v) is 7.53. The Labute approximate surface area is 122 Å². The maximum absolute atomic E-state index is 13.1. The lowest BCUT2D eigenvalue weighted by Gasteiger charge is -2.10. The molecule has 1 aromatic heterocycles. The van der Waals surface area contributed by atoms with Crippen LogP contribution in [0.5, 0.6) is 11.6 Å². The summed E-state index contributed by atoms with van der Waals surface area (Å²) in [5.74, 6) is -2.07. The van der Waals surface area contributed by atoms with Gasteiger partial charge >= 0.3 is 6.18 Å². The third-order valence-electron chi connectivity index (χ3n) is 2.46. The normalized spacial score (nSPS) is 12.2. The molecule has 0 saturated heterocycles. The summed E-state index contributed by atoms with van der Waals surface area (Å²) in [5, 5.41) is -0.351. The summed E-state index contributed by atoms with van der Waals surface area (Å²) in [4.78, 5) is 7.09. The summed E-state index contributed by atoms with van der Waals surface area (Å²) in [5.41, 5.74) is -1.50. The number of rotatable bonds is 3. The highest BCUT2D eigenvalue weighted by Crippen LogP contribution is 2.34. The Bertz CT molecular complexity index is 806. The lowest BCUT2D eigenvalue weighted by molar-refractivity contribution is -0.140. The van der Waals surface area contributed by atoms with Crippen LogP contribution in [0.4, 0.5) is 17.6 Å². The number of nitrogens with zero attached hydrogens (tertiary/aromatic N) is 2. The highest BCUT2D eigenvalue weighted by atomic mass is 32.2. The second kappa shape index (κ2) is 5.52. The van der Waals surface area contributed by atoms with Crippen molar-refractivity contribution in [3.63, 3.8) is 0 Å². The number of halogens is 4. The van der Waals surface area contributed by atoms with E-state index in [1.165, 1.54) is 0 Å². The van der Waals surface area contributed by atoms with E-state index in [2.05, 4.69) is 9.97 Å². The van der Waals surface area contributed by atoms with Gasteiger partial charge in [0.25, 0.3) is 0 Å². The van der Waals surface area contributed by atoms with Gasteiger partial charge in [0.1, 0.15) is 17.9 Å². The van der Waals surface area contributed by atoms with E-state index < -0.39 is 27.4 Å². The molecule has 0 saturated carbocycles. The number of ether oxygens (including phenoxy) is 1. The molecule has 5 nitrogen and oxygen atoms in total. The Balaban J connectivity index is 2.36. The van der Waals surface area contributed by atoms with Gasteiger partial charge < -0.3 is 4.74 Å². The molecule has 0 atom stereocenters. The standard InChI is InChI=1S/C12H8F4N2O3S/c1-22(19,20)11-5-10(17-6-18-11)21-7-2-3-9(13)8(4-7)12(14,15)16/h2-6H,1H3. The molecular weight excluding hydrogens is 328 g/mol. The highest BCUT2D eigenvalue weighted by Gasteiger charge is 2.34. The SMILES string of the molecule is CS(=O)(=O)c1cc(Oc2ccc(F)c(C(F)(F)F)c2)ncn1. The second-order valence-electron chi connectivity index (χ2n) is 4.21. The molecule has 0 aliphatic carbocycles. The molecular formula is C12H8F4N2O3S. The number of hydrogen-bond acceptors (Lipinski definition) is 5. The van der Waals surface area contributed by atoms with Crippen molar-refractivity contribution < 1.29 is 30.7 Å². The van der Waals surface area contributed by atoms with E-state index >= 15 is 0 Å². The Morgan fingerprint density at radius 2 is 1.82 bits per heavy atom. The van der Waals surface area contributed by atoms with Crippen LogP contribution in [-0.2, 0) is 16.0 Å². The molecule has 0 radical (unpaired) electrons. The number of hydrogen-bond donors (Lipinski definition) is 0. The van der Waals surface area contributed by atoms with E-state index in [1.807, 2.05) is 0 Å². The van der Waals surface area contributed by atoms with Crippen LogP contribution in [0.1, 0.15) is 5.56 Å². The zero-order valence-electron chi connectivity index (χ0n) is 10.9. The Morgan fingerprint density at radius 1 is 1.14 bits per heavy atom. The molecule has 0 fully saturated rings. The predicted molar refractivity (Wildman–Crippen MR) is 66.6 cm³/mol. The van der Waals surface area contributed by atoms with Gasteiger partial charge in [0.2, 0.25) is 5.88 Å². The minimum atomic E-state index is -4.88.